The van der Waals surface area contributed by atoms with Gasteiger partial charge in [-0.25, -0.2) is 0 Å². The summed E-state index contributed by atoms with van der Waals surface area (Å²) in [5.74, 6) is 1.97. The highest BCUT2D eigenvalue weighted by molar-refractivity contribution is 5.58. The SMILES string of the molecule is CCCCOc1ccc(CN2CCN(c3ccccc3OCC)CC2)cc1. The molecule has 27 heavy (non-hydrogen) atoms. The molecule has 1 heterocycles. The van der Waals surface area contributed by atoms with Crippen LogP contribution in [0.15, 0.2) is 48.5 Å². The fourth-order valence-electron chi connectivity index (χ4n) is 3.43. The van der Waals surface area contributed by atoms with Crippen molar-refractivity contribution in [2.75, 3.05) is 44.3 Å². The van der Waals surface area contributed by atoms with Crippen LogP contribution in [0.1, 0.15) is 32.3 Å². The zero-order valence-corrected chi connectivity index (χ0v) is 16.7. The molecule has 4 heteroatoms. The largest absolute Gasteiger partial charge is 0.494 e. The molecule has 0 amide bonds. The number of unbranched alkanes of at least 4 members (excludes halogenated alkanes) is 1. The van der Waals surface area contributed by atoms with E-state index in [0.29, 0.717) is 6.61 Å². The Balaban J connectivity index is 1.50. The van der Waals surface area contributed by atoms with E-state index in [-0.39, 0.29) is 0 Å². The maximum Gasteiger partial charge on any atom is 0.142 e. The molecule has 0 unspecified atom stereocenters. The zero-order chi connectivity index (χ0) is 18.9. The Hall–Kier alpha value is -2.20. The topological polar surface area (TPSA) is 24.9 Å². The molecule has 0 spiro atoms. The summed E-state index contributed by atoms with van der Waals surface area (Å²) in [7, 11) is 0. The molecule has 0 aliphatic carbocycles. The van der Waals surface area contributed by atoms with E-state index < -0.39 is 0 Å². The summed E-state index contributed by atoms with van der Waals surface area (Å²) in [6.07, 6.45) is 2.28. The first-order valence-corrected chi connectivity index (χ1v) is 10.2. The van der Waals surface area contributed by atoms with Crippen LogP contribution in [0, 0.1) is 0 Å². The van der Waals surface area contributed by atoms with Gasteiger partial charge in [-0.05, 0) is 43.2 Å². The van der Waals surface area contributed by atoms with Gasteiger partial charge in [0.25, 0.3) is 0 Å². The molecule has 2 aromatic rings. The maximum atomic E-state index is 5.79. The van der Waals surface area contributed by atoms with E-state index >= 15 is 0 Å². The minimum absolute atomic E-state index is 0.704. The van der Waals surface area contributed by atoms with Crippen LogP contribution < -0.4 is 14.4 Å². The van der Waals surface area contributed by atoms with E-state index in [2.05, 4.69) is 59.2 Å². The molecule has 1 saturated heterocycles. The van der Waals surface area contributed by atoms with E-state index in [9.17, 15) is 0 Å². The van der Waals surface area contributed by atoms with Crippen LogP contribution in [0.2, 0.25) is 0 Å². The van der Waals surface area contributed by atoms with Crippen molar-refractivity contribution in [3.05, 3.63) is 54.1 Å². The third-order valence-corrected chi connectivity index (χ3v) is 4.97. The summed E-state index contributed by atoms with van der Waals surface area (Å²) in [5.41, 5.74) is 2.56. The number of rotatable bonds is 9. The number of ether oxygens (including phenoxy) is 2. The molecule has 1 aliphatic heterocycles. The molecule has 0 radical (unpaired) electrons. The number of para-hydroxylation sites is 2. The van der Waals surface area contributed by atoms with E-state index in [0.717, 1.165) is 57.3 Å². The van der Waals surface area contributed by atoms with Crippen molar-refractivity contribution in [1.82, 2.24) is 4.90 Å². The van der Waals surface area contributed by atoms with Crippen LogP contribution in [-0.2, 0) is 6.54 Å². The molecular weight excluding hydrogens is 336 g/mol. The molecule has 0 atom stereocenters. The van der Waals surface area contributed by atoms with Gasteiger partial charge < -0.3 is 14.4 Å². The number of benzene rings is 2. The molecular formula is C23H32N2O2. The monoisotopic (exact) mass is 368 g/mol. The van der Waals surface area contributed by atoms with Gasteiger partial charge in [0, 0.05) is 32.7 Å². The smallest absolute Gasteiger partial charge is 0.142 e. The van der Waals surface area contributed by atoms with Gasteiger partial charge in [0.1, 0.15) is 11.5 Å². The lowest BCUT2D eigenvalue weighted by atomic mass is 10.1. The maximum absolute atomic E-state index is 5.79. The second kappa shape index (κ2) is 10.2. The van der Waals surface area contributed by atoms with Gasteiger partial charge in [-0.3, -0.25) is 4.90 Å². The molecule has 0 aromatic heterocycles. The van der Waals surface area contributed by atoms with Gasteiger partial charge in [-0.2, -0.15) is 0 Å². The first-order valence-electron chi connectivity index (χ1n) is 10.2. The van der Waals surface area contributed by atoms with E-state index in [1.54, 1.807) is 0 Å². The van der Waals surface area contributed by atoms with Gasteiger partial charge in [0.05, 0.1) is 18.9 Å². The van der Waals surface area contributed by atoms with Gasteiger partial charge in [-0.1, -0.05) is 37.6 Å². The van der Waals surface area contributed by atoms with Gasteiger partial charge in [-0.15, -0.1) is 0 Å². The first-order chi connectivity index (χ1) is 13.3. The summed E-state index contributed by atoms with van der Waals surface area (Å²) in [6, 6.07) is 16.9. The van der Waals surface area contributed by atoms with Crippen molar-refractivity contribution in [1.29, 1.82) is 0 Å². The quantitative estimate of drug-likeness (QED) is 0.605. The normalized spacial score (nSPS) is 15.0. The standard InChI is InChI=1S/C23H32N2O2/c1-3-5-18-27-21-12-10-20(11-13-21)19-24-14-16-25(17-15-24)22-8-6-7-9-23(22)26-4-2/h6-13H,3-5,14-19H2,1-2H3. The lowest BCUT2D eigenvalue weighted by Gasteiger charge is -2.36. The summed E-state index contributed by atoms with van der Waals surface area (Å²) in [4.78, 5) is 4.96. The van der Waals surface area contributed by atoms with Crippen LogP contribution >= 0.6 is 0 Å². The van der Waals surface area contributed by atoms with Gasteiger partial charge >= 0.3 is 0 Å². The van der Waals surface area contributed by atoms with E-state index in [4.69, 9.17) is 9.47 Å². The van der Waals surface area contributed by atoms with Gasteiger partial charge in [0.15, 0.2) is 0 Å². The number of anilines is 1. The van der Waals surface area contributed by atoms with E-state index in [1.807, 2.05) is 13.0 Å². The average Bonchev–Trinajstić information content (AvgIpc) is 2.71. The van der Waals surface area contributed by atoms with Crippen molar-refractivity contribution in [2.24, 2.45) is 0 Å². The number of piperazine rings is 1. The molecule has 4 nitrogen and oxygen atoms in total. The van der Waals surface area contributed by atoms with Crippen LogP contribution in [0.25, 0.3) is 0 Å². The number of nitrogens with zero attached hydrogens (tertiary/aromatic N) is 2. The van der Waals surface area contributed by atoms with Crippen LogP contribution in [0.4, 0.5) is 5.69 Å². The third-order valence-electron chi connectivity index (χ3n) is 4.97. The molecule has 0 saturated carbocycles. The third kappa shape index (κ3) is 5.64. The molecule has 1 aliphatic rings. The summed E-state index contributed by atoms with van der Waals surface area (Å²) >= 11 is 0. The van der Waals surface area contributed by atoms with Crippen molar-refractivity contribution in [3.63, 3.8) is 0 Å². The lowest BCUT2D eigenvalue weighted by molar-refractivity contribution is 0.248. The Morgan fingerprint density at radius 1 is 0.852 bits per heavy atom. The Labute approximate surface area is 163 Å². The first kappa shape index (κ1) is 19.6. The van der Waals surface area contributed by atoms with Crippen molar-refractivity contribution >= 4 is 5.69 Å². The predicted molar refractivity (Wildman–Crippen MR) is 112 cm³/mol. The molecule has 1 fully saturated rings. The zero-order valence-electron chi connectivity index (χ0n) is 16.7. The molecule has 0 N–H and O–H groups in total. The second-order valence-electron chi connectivity index (χ2n) is 7.01. The molecule has 0 bridgehead atoms. The Bertz CT molecular complexity index is 679. The molecule has 146 valence electrons. The second-order valence-corrected chi connectivity index (χ2v) is 7.01. The van der Waals surface area contributed by atoms with Crippen LogP contribution in [-0.4, -0.2) is 44.3 Å². The lowest BCUT2D eigenvalue weighted by Crippen LogP contribution is -2.46. The highest BCUT2D eigenvalue weighted by atomic mass is 16.5. The van der Waals surface area contributed by atoms with Crippen LogP contribution in [0.3, 0.4) is 0 Å². The van der Waals surface area contributed by atoms with Crippen molar-refractivity contribution in [3.8, 4) is 11.5 Å². The fraction of sp³-hybridized carbons (Fsp3) is 0.478. The summed E-state index contributed by atoms with van der Waals surface area (Å²) in [6.45, 7) is 10.9. The van der Waals surface area contributed by atoms with Crippen LogP contribution in [0.5, 0.6) is 11.5 Å². The minimum Gasteiger partial charge on any atom is -0.494 e. The Morgan fingerprint density at radius 2 is 1.59 bits per heavy atom. The van der Waals surface area contributed by atoms with Gasteiger partial charge in [0.2, 0.25) is 0 Å². The fourth-order valence-corrected chi connectivity index (χ4v) is 3.43. The highest BCUT2D eigenvalue weighted by Gasteiger charge is 2.19. The molecule has 2 aromatic carbocycles. The van der Waals surface area contributed by atoms with E-state index in [1.165, 1.54) is 17.7 Å². The molecule has 3 rings (SSSR count). The number of hydrogen-bond acceptors (Lipinski definition) is 4. The van der Waals surface area contributed by atoms with Crippen molar-refractivity contribution < 1.29 is 9.47 Å². The number of hydrogen-bond donors (Lipinski definition) is 0. The Kier molecular flexibility index (Phi) is 7.40. The minimum atomic E-state index is 0.704. The predicted octanol–water partition coefficient (Wildman–Crippen LogP) is 4.59. The average molecular weight is 369 g/mol. The summed E-state index contributed by atoms with van der Waals surface area (Å²) < 4.78 is 11.5. The Morgan fingerprint density at radius 3 is 2.30 bits per heavy atom. The summed E-state index contributed by atoms with van der Waals surface area (Å²) in [5, 5.41) is 0. The highest BCUT2D eigenvalue weighted by Crippen LogP contribution is 2.29. The van der Waals surface area contributed by atoms with Crippen molar-refractivity contribution in [2.45, 2.75) is 33.2 Å².